The standard InChI is InChI=1S/C53H31N3S2/c54-29-31-9-11-33-12-18-38(39-17-10-32(30-55)24-43(39)42(33)23-31)36-15-21-52-46(27-36)44-25-34(13-19-50(44)57-52)35-14-20-51-45(26-35)47-28-37(16-22-53(47)58-51)56-48-7-3-1-5-40(48)41-6-2-4-8-49(41)56/h1-11,13-17,19-28,38H,12,18H2. The second kappa shape index (κ2) is 12.7. The zero-order valence-electron chi connectivity index (χ0n) is 31.2. The molecule has 5 heteroatoms. The van der Waals surface area contributed by atoms with Crippen LogP contribution in [0.4, 0.5) is 0 Å². The Bertz CT molecular complexity index is 3570. The SMILES string of the molecule is N#Cc1ccc2c(c1)-c1cc(C#N)ccc1C(c1ccc3sc4ccc(-c5ccc6sc7ccc(-n8c9ccccc9c9ccccc98)cc7c6c5)cc4c3c1)CC2. The molecule has 0 radical (unpaired) electrons. The van der Waals surface area contributed by atoms with Gasteiger partial charge in [0.15, 0.2) is 0 Å². The van der Waals surface area contributed by atoms with Crippen LogP contribution in [0.5, 0.6) is 0 Å². The molecule has 12 rings (SSSR count). The summed E-state index contributed by atoms with van der Waals surface area (Å²) in [5.74, 6) is 0.157. The van der Waals surface area contributed by atoms with E-state index in [9.17, 15) is 10.5 Å². The second-order valence-electron chi connectivity index (χ2n) is 15.4. The third kappa shape index (κ3) is 5.01. The Balaban J connectivity index is 0.966. The van der Waals surface area contributed by atoms with Crippen molar-refractivity contribution in [1.29, 1.82) is 10.5 Å². The van der Waals surface area contributed by atoms with Crippen molar-refractivity contribution in [3.05, 3.63) is 186 Å². The molecule has 1 unspecified atom stereocenters. The van der Waals surface area contributed by atoms with E-state index in [1.54, 1.807) is 0 Å². The van der Waals surface area contributed by atoms with Crippen LogP contribution >= 0.6 is 22.7 Å². The Morgan fingerprint density at radius 3 is 1.69 bits per heavy atom. The molecule has 1 atom stereocenters. The number of fused-ring (bicyclic) bond motifs is 12. The van der Waals surface area contributed by atoms with E-state index in [2.05, 4.69) is 150 Å². The maximum Gasteiger partial charge on any atom is 0.0991 e. The van der Waals surface area contributed by atoms with Gasteiger partial charge in [-0.05, 0) is 143 Å². The lowest BCUT2D eigenvalue weighted by atomic mass is 9.84. The van der Waals surface area contributed by atoms with Crippen molar-refractivity contribution in [2.75, 3.05) is 0 Å². The summed E-state index contributed by atoms with van der Waals surface area (Å²) in [4.78, 5) is 0. The average molecular weight is 774 g/mol. The van der Waals surface area contributed by atoms with E-state index in [1.165, 1.54) is 95.7 Å². The van der Waals surface area contributed by atoms with Crippen molar-refractivity contribution in [2.24, 2.45) is 0 Å². The number of aryl methyl sites for hydroxylation is 1. The molecule has 1 aliphatic rings. The Morgan fingerprint density at radius 2 is 1.03 bits per heavy atom. The zero-order valence-corrected chi connectivity index (χ0v) is 32.8. The Labute approximate surface area is 342 Å². The van der Waals surface area contributed by atoms with Gasteiger partial charge in [0.2, 0.25) is 0 Å². The maximum absolute atomic E-state index is 9.84. The van der Waals surface area contributed by atoms with Gasteiger partial charge in [-0.2, -0.15) is 10.5 Å². The number of thiophene rings is 2. The molecule has 0 bridgehead atoms. The number of nitriles is 2. The van der Waals surface area contributed by atoms with Crippen LogP contribution in [-0.4, -0.2) is 4.57 Å². The van der Waals surface area contributed by atoms with E-state index in [4.69, 9.17) is 0 Å². The minimum absolute atomic E-state index is 0.157. The molecule has 11 aromatic rings. The summed E-state index contributed by atoms with van der Waals surface area (Å²) in [6.07, 6.45) is 1.85. The Morgan fingerprint density at radius 1 is 0.483 bits per heavy atom. The van der Waals surface area contributed by atoms with Gasteiger partial charge in [-0.3, -0.25) is 0 Å². The summed E-state index contributed by atoms with van der Waals surface area (Å²) in [6, 6.07) is 62.0. The van der Waals surface area contributed by atoms with Gasteiger partial charge in [-0.25, -0.2) is 0 Å². The Kier molecular flexibility index (Phi) is 7.29. The average Bonchev–Trinajstić information content (AvgIpc) is 3.91. The van der Waals surface area contributed by atoms with E-state index in [0.29, 0.717) is 11.1 Å². The van der Waals surface area contributed by atoms with Crippen molar-refractivity contribution in [1.82, 2.24) is 4.57 Å². The predicted molar refractivity (Wildman–Crippen MR) is 243 cm³/mol. The summed E-state index contributed by atoms with van der Waals surface area (Å²) in [5.41, 5.74) is 13.2. The largest absolute Gasteiger partial charge is 0.309 e. The van der Waals surface area contributed by atoms with E-state index in [0.717, 1.165) is 24.0 Å². The molecular weight excluding hydrogens is 743 g/mol. The van der Waals surface area contributed by atoms with Crippen LogP contribution in [0.3, 0.4) is 0 Å². The maximum atomic E-state index is 9.84. The summed E-state index contributed by atoms with van der Waals surface area (Å²) in [6.45, 7) is 0. The smallest absolute Gasteiger partial charge is 0.0991 e. The fraction of sp³-hybridized carbons (Fsp3) is 0.0566. The quantitative estimate of drug-likeness (QED) is 0.180. The third-order valence-electron chi connectivity index (χ3n) is 12.3. The molecule has 0 aliphatic heterocycles. The molecule has 3 heterocycles. The fourth-order valence-electron chi connectivity index (χ4n) is 9.56. The van der Waals surface area contributed by atoms with Gasteiger partial charge in [0, 0.05) is 62.7 Å². The highest BCUT2D eigenvalue weighted by Gasteiger charge is 2.25. The highest BCUT2D eigenvalue weighted by molar-refractivity contribution is 7.26. The van der Waals surface area contributed by atoms with Crippen molar-refractivity contribution < 1.29 is 0 Å². The molecule has 0 N–H and O–H groups in total. The van der Waals surface area contributed by atoms with E-state index in [-0.39, 0.29) is 5.92 Å². The number of para-hydroxylation sites is 2. The van der Waals surface area contributed by atoms with E-state index < -0.39 is 0 Å². The van der Waals surface area contributed by atoms with Crippen LogP contribution < -0.4 is 0 Å². The summed E-state index contributed by atoms with van der Waals surface area (Å²) in [7, 11) is 0. The third-order valence-corrected chi connectivity index (χ3v) is 14.6. The second-order valence-corrected chi connectivity index (χ2v) is 17.6. The Hall–Kier alpha value is -7.02. The highest BCUT2D eigenvalue weighted by atomic mass is 32.1. The molecule has 0 amide bonds. The van der Waals surface area contributed by atoms with Gasteiger partial charge < -0.3 is 4.57 Å². The van der Waals surface area contributed by atoms with Crippen molar-refractivity contribution in [3.8, 4) is 40.1 Å². The first-order valence-electron chi connectivity index (χ1n) is 19.6. The van der Waals surface area contributed by atoms with Crippen LogP contribution in [0.25, 0.3) is 90.1 Å². The lowest BCUT2D eigenvalue weighted by Gasteiger charge is -2.19. The van der Waals surface area contributed by atoms with Gasteiger partial charge in [-0.1, -0.05) is 66.7 Å². The van der Waals surface area contributed by atoms with Crippen LogP contribution in [-0.2, 0) is 6.42 Å². The number of hydrogen-bond donors (Lipinski definition) is 0. The summed E-state index contributed by atoms with van der Waals surface area (Å²) < 4.78 is 7.55. The minimum Gasteiger partial charge on any atom is -0.309 e. The summed E-state index contributed by atoms with van der Waals surface area (Å²) >= 11 is 3.71. The van der Waals surface area contributed by atoms with Gasteiger partial charge in [0.05, 0.1) is 34.3 Å². The fourth-order valence-corrected chi connectivity index (χ4v) is 11.7. The van der Waals surface area contributed by atoms with Crippen LogP contribution in [0.15, 0.2) is 158 Å². The first-order chi connectivity index (χ1) is 28.6. The summed E-state index contributed by atoms with van der Waals surface area (Å²) in [5, 5.41) is 27.2. The first-order valence-corrected chi connectivity index (χ1v) is 21.2. The van der Waals surface area contributed by atoms with Gasteiger partial charge in [0.25, 0.3) is 0 Å². The van der Waals surface area contributed by atoms with Crippen LogP contribution in [0.1, 0.15) is 40.2 Å². The lowest BCUT2D eigenvalue weighted by Crippen LogP contribution is -2.02. The molecule has 8 aromatic carbocycles. The number of nitrogens with zero attached hydrogens (tertiary/aromatic N) is 3. The first kappa shape index (κ1) is 33.2. The monoisotopic (exact) mass is 773 g/mol. The molecular formula is C53H31N3S2. The van der Waals surface area contributed by atoms with Gasteiger partial charge in [0.1, 0.15) is 0 Å². The molecule has 0 saturated carbocycles. The van der Waals surface area contributed by atoms with E-state index >= 15 is 0 Å². The van der Waals surface area contributed by atoms with Crippen molar-refractivity contribution in [2.45, 2.75) is 18.8 Å². The normalized spacial score (nSPS) is 13.9. The van der Waals surface area contributed by atoms with Crippen LogP contribution in [0.2, 0.25) is 0 Å². The topological polar surface area (TPSA) is 52.5 Å². The molecule has 3 aromatic heterocycles. The molecule has 0 spiro atoms. The van der Waals surface area contributed by atoms with Gasteiger partial charge in [-0.15, -0.1) is 22.7 Å². The molecule has 3 nitrogen and oxygen atoms in total. The molecule has 0 saturated heterocycles. The van der Waals surface area contributed by atoms with Gasteiger partial charge >= 0.3 is 0 Å². The highest BCUT2D eigenvalue weighted by Crippen LogP contribution is 2.45. The molecule has 270 valence electrons. The number of benzene rings is 8. The number of hydrogen-bond acceptors (Lipinski definition) is 4. The molecule has 1 aliphatic carbocycles. The number of aromatic nitrogens is 1. The van der Waals surface area contributed by atoms with Crippen molar-refractivity contribution >= 4 is 84.8 Å². The zero-order chi connectivity index (χ0) is 38.5. The van der Waals surface area contributed by atoms with Crippen LogP contribution in [0, 0.1) is 22.7 Å². The lowest BCUT2D eigenvalue weighted by molar-refractivity contribution is 0.727. The van der Waals surface area contributed by atoms with E-state index in [1.807, 2.05) is 46.9 Å². The molecule has 58 heavy (non-hydrogen) atoms. The predicted octanol–water partition coefficient (Wildman–Crippen LogP) is 14.7. The van der Waals surface area contributed by atoms with Crippen molar-refractivity contribution in [3.63, 3.8) is 0 Å². The number of rotatable bonds is 3. The molecule has 0 fully saturated rings. The minimum atomic E-state index is 0.157.